The summed E-state index contributed by atoms with van der Waals surface area (Å²) in [6.07, 6.45) is 4.67. The normalized spacial score (nSPS) is 15.0. The maximum atomic E-state index is 13.8. The van der Waals surface area contributed by atoms with Gasteiger partial charge in [-0.05, 0) is 49.6 Å². The molecule has 3 rings (SSSR count). The van der Waals surface area contributed by atoms with Crippen molar-refractivity contribution in [3.05, 3.63) is 64.1 Å². The number of benzene rings is 2. The molecule has 0 aromatic heterocycles. The second-order valence-electron chi connectivity index (χ2n) is 8.68. The van der Waals surface area contributed by atoms with Gasteiger partial charge in [-0.15, -0.1) is 0 Å². The number of rotatable bonds is 9. The molecule has 0 bridgehead atoms. The molecule has 0 saturated heterocycles. The molecule has 2 aromatic rings. The van der Waals surface area contributed by atoms with Crippen molar-refractivity contribution in [2.24, 2.45) is 0 Å². The highest BCUT2D eigenvalue weighted by Crippen LogP contribution is 2.22. The van der Waals surface area contributed by atoms with E-state index in [9.17, 15) is 26.8 Å². The van der Waals surface area contributed by atoms with E-state index in [4.69, 9.17) is 0 Å². The van der Waals surface area contributed by atoms with E-state index in [0.29, 0.717) is 4.31 Å². The first-order chi connectivity index (χ1) is 16.5. The standard InChI is InChI=1S/C24H28BrF2N3O4S/c1-16(24(32)28-19-5-3-4-6-19)29(14-17-7-9-18(25)10-8-17)23(31)15-30(35(2,33)34)20-11-12-21(26)22(27)13-20/h7-13,16,19H,3-6,14-15H2,1-2H3,(H,28,32)/t16-/m1/s1. The molecule has 0 radical (unpaired) electrons. The summed E-state index contributed by atoms with van der Waals surface area (Å²) >= 11 is 3.36. The SMILES string of the molecule is C[C@H](C(=O)NC1CCCC1)N(Cc1ccc(Br)cc1)C(=O)CN(c1ccc(F)c(F)c1)S(C)(=O)=O. The van der Waals surface area contributed by atoms with E-state index in [1.807, 2.05) is 0 Å². The maximum absolute atomic E-state index is 13.8. The number of sulfonamides is 1. The number of amides is 2. The first kappa shape index (κ1) is 27.1. The Morgan fingerprint density at radius 2 is 1.71 bits per heavy atom. The molecule has 2 amide bonds. The summed E-state index contributed by atoms with van der Waals surface area (Å²) < 4.78 is 53.7. The monoisotopic (exact) mass is 571 g/mol. The lowest BCUT2D eigenvalue weighted by Gasteiger charge is -2.32. The molecule has 11 heteroatoms. The Hall–Kier alpha value is -2.53. The Labute approximate surface area is 212 Å². The Kier molecular flexibility index (Phi) is 8.87. The lowest BCUT2D eigenvalue weighted by atomic mass is 10.1. The van der Waals surface area contributed by atoms with Gasteiger partial charge in [-0.2, -0.15) is 0 Å². The van der Waals surface area contributed by atoms with Gasteiger partial charge in [-0.3, -0.25) is 13.9 Å². The molecule has 1 N–H and O–H groups in total. The number of carbonyl (C=O) groups excluding carboxylic acids is 2. The average molecular weight is 572 g/mol. The first-order valence-electron chi connectivity index (χ1n) is 11.2. The highest BCUT2D eigenvalue weighted by molar-refractivity contribution is 9.10. The van der Waals surface area contributed by atoms with Gasteiger partial charge in [0.25, 0.3) is 0 Å². The molecule has 190 valence electrons. The summed E-state index contributed by atoms with van der Waals surface area (Å²) in [6.45, 7) is 0.964. The summed E-state index contributed by atoms with van der Waals surface area (Å²) in [5.74, 6) is -3.36. The number of hydrogen-bond acceptors (Lipinski definition) is 4. The van der Waals surface area contributed by atoms with Gasteiger partial charge < -0.3 is 10.2 Å². The van der Waals surface area contributed by atoms with Crippen molar-refractivity contribution in [3.8, 4) is 0 Å². The zero-order valence-corrected chi connectivity index (χ0v) is 21.9. The fourth-order valence-electron chi connectivity index (χ4n) is 4.01. The van der Waals surface area contributed by atoms with Crippen LogP contribution in [0.3, 0.4) is 0 Å². The van der Waals surface area contributed by atoms with Gasteiger partial charge >= 0.3 is 0 Å². The largest absolute Gasteiger partial charge is 0.352 e. The van der Waals surface area contributed by atoms with Crippen molar-refractivity contribution in [1.29, 1.82) is 0 Å². The van der Waals surface area contributed by atoms with E-state index in [1.54, 1.807) is 31.2 Å². The number of nitrogens with zero attached hydrogens (tertiary/aromatic N) is 2. The van der Waals surface area contributed by atoms with Crippen molar-refractivity contribution >= 4 is 43.5 Å². The van der Waals surface area contributed by atoms with Crippen LogP contribution in [0.4, 0.5) is 14.5 Å². The third-order valence-electron chi connectivity index (χ3n) is 6.01. The highest BCUT2D eigenvalue weighted by Gasteiger charge is 2.31. The Bertz CT molecular complexity index is 1170. The molecule has 1 atom stereocenters. The van der Waals surface area contributed by atoms with Crippen LogP contribution in [0.1, 0.15) is 38.2 Å². The van der Waals surface area contributed by atoms with Crippen LogP contribution < -0.4 is 9.62 Å². The van der Waals surface area contributed by atoms with E-state index in [1.165, 1.54) is 4.90 Å². The van der Waals surface area contributed by atoms with E-state index < -0.39 is 40.2 Å². The molecule has 2 aromatic carbocycles. The third kappa shape index (κ3) is 7.23. The topological polar surface area (TPSA) is 86.8 Å². The molecule has 1 fully saturated rings. The molecule has 7 nitrogen and oxygen atoms in total. The molecule has 0 spiro atoms. The smallest absolute Gasteiger partial charge is 0.244 e. The Morgan fingerprint density at radius 1 is 1.09 bits per heavy atom. The summed E-state index contributed by atoms with van der Waals surface area (Å²) in [5.41, 5.74) is 0.548. The van der Waals surface area contributed by atoms with Crippen LogP contribution in [0.2, 0.25) is 0 Å². The van der Waals surface area contributed by atoms with Crippen LogP contribution >= 0.6 is 15.9 Å². The number of hydrogen-bond donors (Lipinski definition) is 1. The van der Waals surface area contributed by atoms with Gasteiger partial charge in [0.05, 0.1) is 11.9 Å². The minimum absolute atomic E-state index is 0.0456. The van der Waals surface area contributed by atoms with Gasteiger partial charge in [-0.1, -0.05) is 40.9 Å². The molecular formula is C24H28BrF2N3O4S. The van der Waals surface area contributed by atoms with Crippen LogP contribution in [0.15, 0.2) is 46.9 Å². The molecule has 1 aliphatic carbocycles. The van der Waals surface area contributed by atoms with Crippen LogP contribution in [-0.2, 0) is 26.2 Å². The second kappa shape index (κ2) is 11.5. The number of carbonyl (C=O) groups is 2. The van der Waals surface area contributed by atoms with E-state index in [0.717, 1.165) is 60.2 Å². The maximum Gasteiger partial charge on any atom is 0.244 e. The summed E-state index contributed by atoms with van der Waals surface area (Å²) in [7, 11) is -4.03. The average Bonchev–Trinajstić information content (AvgIpc) is 3.30. The summed E-state index contributed by atoms with van der Waals surface area (Å²) in [6, 6.07) is 8.93. The molecule has 1 aliphatic rings. The van der Waals surface area contributed by atoms with Crippen LogP contribution in [0.5, 0.6) is 0 Å². The molecule has 0 unspecified atom stereocenters. The van der Waals surface area contributed by atoms with Crippen LogP contribution in [-0.4, -0.2) is 50.0 Å². The van der Waals surface area contributed by atoms with Crippen LogP contribution in [0, 0.1) is 11.6 Å². The zero-order chi connectivity index (χ0) is 25.8. The van der Waals surface area contributed by atoms with Crippen molar-refractivity contribution in [1.82, 2.24) is 10.2 Å². The quantitative estimate of drug-likeness (QED) is 0.493. The predicted octanol–water partition coefficient (Wildman–Crippen LogP) is 3.97. The van der Waals surface area contributed by atoms with E-state index in [2.05, 4.69) is 21.2 Å². The van der Waals surface area contributed by atoms with E-state index >= 15 is 0 Å². The Morgan fingerprint density at radius 3 is 2.29 bits per heavy atom. The predicted molar refractivity (Wildman–Crippen MR) is 133 cm³/mol. The fraction of sp³-hybridized carbons (Fsp3) is 0.417. The lowest BCUT2D eigenvalue weighted by Crippen LogP contribution is -2.52. The highest BCUT2D eigenvalue weighted by atomic mass is 79.9. The second-order valence-corrected chi connectivity index (χ2v) is 11.5. The third-order valence-corrected chi connectivity index (χ3v) is 7.67. The molecule has 0 heterocycles. The van der Waals surface area contributed by atoms with Gasteiger partial charge in [0, 0.05) is 23.1 Å². The van der Waals surface area contributed by atoms with Crippen molar-refractivity contribution < 1.29 is 26.8 Å². The summed E-state index contributed by atoms with van der Waals surface area (Å²) in [5, 5.41) is 2.97. The van der Waals surface area contributed by atoms with Gasteiger partial charge in [-0.25, -0.2) is 17.2 Å². The van der Waals surface area contributed by atoms with Crippen molar-refractivity contribution in [2.45, 2.75) is 51.2 Å². The fourth-order valence-corrected chi connectivity index (χ4v) is 5.12. The van der Waals surface area contributed by atoms with Gasteiger partial charge in [0.2, 0.25) is 21.8 Å². The first-order valence-corrected chi connectivity index (χ1v) is 13.9. The summed E-state index contributed by atoms with van der Waals surface area (Å²) in [4.78, 5) is 27.7. The molecule has 1 saturated carbocycles. The number of nitrogens with one attached hydrogen (secondary N) is 1. The zero-order valence-electron chi connectivity index (χ0n) is 19.5. The van der Waals surface area contributed by atoms with Crippen molar-refractivity contribution in [3.63, 3.8) is 0 Å². The molecule has 0 aliphatic heterocycles. The Balaban J connectivity index is 1.88. The number of halogens is 3. The van der Waals surface area contributed by atoms with Gasteiger partial charge in [0.1, 0.15) is 12.6 Å². The van der Waals surface area contributed by atoms with Gasteiger partial charge in [0.15, 0.2) is 11.6 Å². The minimum atomic E-state index is -4.03. The van der Waals surface area contributed by atoms with Crippen LogP contribution in [0.25, 0.3) is 0 Å². The lowest BCUT2D eigenvalue weighted by molar-refractivity contribution is -0.139. The minimum Gasteiger partial charge on any atom is -0.352 e. The van der Waals surface area contributed by atoms with Crippen molar-refractivity contribution in [2.75, 3.05) is 17.1 Å². The molecule has 35 heavy (non-hydrogen) atoms. The van der Waals surface area contributed by atoms with E-state index in [-0.39, 0.29) is 24.2 Å². The molecular weight excluding hydrogens is 544 g/mol. The number of anilines is 1.